The molecule has 0 aliphatic carbocycles. The highest BCUT2D eigenvalue weighted by molar-refractivity contribution is 6.06. The lowest BCUT2D eigenvalue weighted by atomic mass is 10.0. The van der Waals surface area contributed by atoms with Crippen LogP contribution in [-0.2, 0) is 25.6 Å². The standard InChI is InChI=1S/C28H38N4O6/c1-18(2)17-37-28(36)31-14-10-20(11-15-31)38-19-8-12-30(13-9-19)23-5-3-4-21-22(23)16-32(27(21)35)24-6-7-25(33)29-26(24)34/h3-5,18-20,24H,6-17H2,1-2H3,(H,29,33,34). The zero-order valence-electron chi connectivity index (χ0n) is 22.3. The summed E-state index contributed by atoms with van der Waals surface area (Å²) in [4.78, 5) is 55.0. The SMILES string of the molecule is CC(C)COC(=O)N1CCC(OC2CCN(c3cccc4c3CN(C3CCC(=O)NC3=O)C4=O)CC2)CC1. The molecular formula is C28H38N4O6. The molecule has 1 aromatic rings. The molecule has 0 spiro atoms. The number of piperidine rings is 3. The van der Waals surface area contributed by atoms with E-state index in [0.29, 0.717) is 44.1 Å². The number of ether oxygens (including phenoxy) is 2. The van der Waals surface area contributed by atoms with E-state index in [1.165, 1.54) is 0 Å². The third-order valence-electron chi connectivity index (χ3n) is 7.97. The second kappa shape index (κ2) is 11.3. The Morgan fingerprint density at radius 3 is 2.34 bits per heavy atom. The summed E-state index contributed by atoms with van der Waals surface area (Å²) >= 11 is 0. The molecule has 4 heterocycles. The lowest BCUT2D eigenvalue weighted by Crippen LogP contribution is -2.52. The van der Waals surface area contributed by atoms with Crippen LogP contribution in [0.2, 0.25) is 0 Å². The maximum absolute atomic E-state index is 13.2. The number of anilines is 1. The van der Waals surface area contributed by atoms with Crippen LogP contribution >= 0.6 is 0 Å². The van der Waals surface area contributed by atoms with Crippen molar-refractivity contribution in [2.45, 2.75) is 77.2 Å². The number of rotatable bonds is 6. The normalized spacial score (nSPS) is 23.2. The summed E-state index contributed by atoms with van der Waals surface area (Å²) in [5.74, 6) is -0.488. The summed E-state index contributed by atoms with van der Waals surface area (Å²) in [6, 6.07) is 5.18. The molecule has 10 heteroatoms. The molecule has 1 N–H and O–H groups in total. The van der Waals surface area contributed by atoms with Crippen molar-refractivity contribution in [3.8, 4) is 0 Å². The lowest BCUT2D eigenvalue weighted by molar-refractivity contribution is -0.136. The van der Waals surface area contributed by atoms with Crippen LogP contribution in [0, 0.1) is 5.92 Å². The Balaban J connectivity index is 1.12. The number of nitrogens with zero attached hydrogens (tertiary/aromatic N) is 3. The molecule has 0 aromatic heterocycles. The number of hydrogen-bond donors (Lipinski definition) is 1. The van der Waals surface area contributed by atoms with Crippen LogP contribution in [0.5, 0.6) is 0 Å². The average molecular weight is 527 g/mol. The van der Waals surface area contributed by atoms with E-state index in [9.17, 15) is 19.2 Å². The summed E-state index contributed by atoms with van der Waals surface area (Å²) in [6.07, 6.45) is 4.14. The predicted molar refractivity (Wildman–Crippen MR) is 140 cm³/mol. The van der Waals surface area contributed by atoms with Gasteiger partial charge in [-0.2, -0.15) is 0 Å². The van der Waals surface area contributed by atoms with Gasteiger partial charge in [-0.3, -0.25) is 19.7 Å². The van der Waals surface area contributed by atoms with Crippen molar-refractivity contribution in [1.82, 2.24) is 15.1 Å². The Hall–Kier alpha value is -3.14. The van der Waals surface area contributed by atoms with Crippen LogP contribution in [0.3, 0.4) is 0 Å². The molecule has 0 bridgehead atoms. The van der Waals surface area contributed by atoms with Crippen molar-refractivity contribution in [3.63, 3.8) is 0 Å². The first-order valence-electron chi connectivity index (χ1n) is 13.9. The average Bonchev–Trinajstić information content (AvgIpc) is 3.24. The smallest absolute Gasteiger partial charge is 0.409 e. The number of amides is 4. The highest BCUT2D eigenvalue weighted by atomic mass is 16.6. The van der Waals surface area contributed by atoms with Crippen LogP contribution in [0.1, 0.15) is 68.3 Å². The molecule has 1 aromatic carbocycles. The van der Waals surface area contributed by atoms with Gasteiger partial charge in [0, 0.05) is 56.0 Å². The highest BCUT2D eigenvalue weighted by Gasteiger charge is 2.40. The molecule has 5 rings (SSSR count). The lowest BCUT2D eigenvalue weighted by Gasteiger charge is -2.38. The number of carbonyl (C=O) groups excluding carboxylic acids is 4. The number of carbonyl (C=O) groups is 4. The maximum atomic E-state index is 13.2. The summed E-state index contributed by atoms with van der Waals surface area (Å²) in [6.45, 7) is 7.86. The number of likely N-dealkylation sites (tertiary alicyclic amines) is 1. The fourth-order valence-electron chi connectivity index (χ4n) is 5.87. The van der Waals surface area contributed by atoms with E-state index in [1.807, 2.05) is 26.0 Å². The Bertz CT molecular complexity index is 1080. The summed E-state index contributed by atoms with van der Waals surface area (Å²) < 4.78 is 11.8. The van der Waals surface area contributed by atoms with E-state index in [-0.39, 0.29) is 42.4 Å². The van der Waals surface area contributed by atoms with Crippen molar-refractivity contribution in [2.24, 2.45) is 5.92 Å². The van der Waals surface area contributed by atoms with Gasteiger partial charge in [0.25, 0.3) is 5.91 Å². The monoisotopic (exact) mass is 526 g/mol. The summed E-state index contributed by atoms with van der Waals surface area (Å²) in [5, 5.41) is 2.37. The van der Waals surface area contributed by atoms with Gasteiger partial charge >= 0.3 is 6.09 Å². The topological polar surface area (TPSA) is 108 Å². The van der Waals surface area contributed by atoms with E-state index in [1.54, 1.807) is 9.80 Å². The van der Waals surface area contributed by atoms with Crippen molar-refractivity contribution >= 4 is 29.5 Å². The molecule has 4 aliphatic rings. The van der Waals surface area contributed by atoms with Crippen LogP contribution in [0.15, 0.2) is 18.2 Å². The third kappa shape index (κ3) is 5.65. The molecule has 10 nitrogen and oxygen atoms in total. The molecule has 4 amide bonds. The Morgan fingerprint density at radius 1 is 1.00 bits per heavy atom. The minimum absolute atomic E-state index is 0.144. The van der Waals surface area contributed by atoms with E-state index >= 15 is 0 Å². The van der Waals surface area contributed by atoms with Gasteiger partial charge in [-0.25, -0.2) is 4.79 Å². The van der Waals surface area contributed by atoms with Crippen LogP contribution in [-0.4, -0.2) is 84.7 Å². The van der Waals surface area contributed by atoms with Crippen LogP contribution < -0.4 is 10.2 Å². The second-order valence-corrected chi connectivity index (χ2v) is 11.2. The zero-order valence-corrected chi connectivity index (χ0v) is 22.3. The van der Waals surface area contributed by atoms with Crippen LogP contribution in [0.25, 0.3) is 0 Å². The second-order valence-electron chi connectivity index (χ2n) is 11.2. The van der Waals surface area contributed by atoms with E-state index in [0.717, 1.165) is 50.0 Å². The van der Waals surface area contributed by atoms with Gasteiger partial charge in [0.2, 0.25) is 11.8 Å². The molecule has 1 unspecified atom stereocenters. The molecule has 4 aliphatic heterocycles. The molecule has 0 saturated carbocycles. The van der Waals surface area contributed by atoms with Gasteiger partial charge in [-0.1, -0.05) is 19.9 Å². The number of benzene rings is 1. The quantitative estimate of drug-likeness (QED) is 0.568. The molecule has 3 fully saturated rings. The minimum Gasteiger partial charge on any atom is -0.449 e. The third-order valence-corrected chi connectivity index (χ3v) is 7.97. The molecule has 38 heavy (non-hydrogen) atoms. The molecule has 3 saturated heterocycles. The molecular weight excluding hydrogens is 488 g/mol. The number of fused-ring (bicyclic) bond motifs is 1. The summed E-state index contributed by atoms with van der Waals surface area (Å²) in [5.41, 5.74) is 2.64. The van der Waals surface area contributed by atoms with Crippen molar-refractivity contribution in [3.05, 3.63) is 29.3 Å². The van der Waals surface area contributed by atoms with Crippen LogP contribution in [0.4, 0.5) is 10.5 Å². The number of nitrogens with one attached hydrogen (secondary N) is 1. The van der Waals surface area contributed by atoms with Gasteiger partial charge < -0.3 is 24.2 Å². The van der Waals surface area contributed by atoms with E-state index in [2.05, 4.69) is 16.3 Å². The summed E-state index contributed by atoms with van der Waals surface area (Å²) in [7, 11) is 0. The zero-order chi connectivity index (χ0) is 26.8. The van der Waals surface area contributed by atoms with Crippen molar-refractivity contribution < 1.29 is 28.7 Å². The van der Waals surface area contributed by atoms with Gasteiger partial charge in [0.05, 0.1) is 18.8 Å². The largest absolute Gasteiger partial charge is 0.449 e. The number of hydrogen-bond acceptors (Lipinski definition) is 7. The Labute approximate surface area is 223 Å². The van der Waals surface area contributed by atoms with Gasteiger partial charge in [0.1, 0.15) is 6.04 Å². The van der Waals surface area contributed by atoms with Gasteiger partial charge in [0.15, 0.2) is 0 Å². The predicted octanol–water partition coefficient (Wildman–Crippen LogP) is 2.69. The highest BCUT2D eigenvalue weighted by Crippen LogP contribution is 2.35. The fraction of sp³-hybridized carbons (Fsp3) is 0.643. The first-order valence-corrected chi connectivity index (χ1v) is 13.9. The molecule has 1 atom stereocenters. The van der Waals surface area contributed by atoms with Gasteiger partial charge in [-0.05, 0) is 50.2 Å². The van der Waals surface area contributed by atoms with E-state index < -0.39 is 6.04 Å². The molecule has 206 valence electrons. The minimum atomic E-state index is -0.608. The van der Waals surface area contributed by atoms with Crippen molar-refractivity contribution in [1.29, 1.82) is 0 Å². The first-order chi connectivity index (χ1) is 18.3. The fourth-order valence-corrected chi connectivity index (χ4v) is 5.87. The number of imide groups is 1. The van der Waals surface area contributed by atoms with E-state index in [4.69, 9.17) is 9.47 Å². The Kier molecular flexibility index (Phi) is 7.88. The van der Waals surface area contributed by atoms with Gasteiger partial charge in [-0.15, -0.1) is 0 Å². The first kappa shape index (κ1) is 26.5. The maximum Gasteiger partial charge on any atom is 0.409 e. The van der Waals surface area contributed by atoms with Crippen molar-refractivity contribution in [2.75, 3.05) is 37.7 Å². The molecule has 0 radical (unpaired) electrons. The Morgan fingerprint density at radius 2 is 1.68 bits per heavy atom.